The topological polar surface area (TPSA) is 385 Å². The fourth-order valence-electron chi connectivity index (χ4n) is 7.01. The molecule has 8 heterocycles. The van der Waals surface area contributed by atoms with E-state index in [4.69, 9.17) is 20.3 Å². The van der Waals surface area contributed by atoms with E-state index in [0.717, 1.165) is 41.1 Å². The molecule has 338 valence electrons. The largest absolute Gasteiger partial charge is 0.486 e. The fourth-order valence-corrected chi connectivity index (χ4v) is 7.01. The molecular formula is C41H32N14O12. The smallest absolute Gasteiger partial charge is 0.356 e. The zero-order valence-corrected chi connectivity index (χ0v) is 34.3. The number of rotatable bonds is 9. The highest BCUT2D eigenvalue weighted by molar-refractivity contribution is 6.06. The molecule has 0 radical (unpaired) electrons. The predicted octanol–water partition coefficient (Wildman–Crippen LogP) is 2.84. The SMILES string of the molecule is Nc1c[nH]c2c(C(=O)NCc3ccc4c(c3)CC(=O)CO4)ncnc12.O=C(O)c1ncnc2c([N+](=O)[O-])c[nH]c12.O=C1COc2ccc(CNC(=O)c3ncnc4c([N+](=O)[O-])c[nH]c34)cc2C1. The highest BCUT2D eigenvalue weighted by Crippen LogP contribution is 2.28. The number of hydrogen-bond donors (Lipinski definition) is 7. The van der Waals surface area contributed by atoms with E-state index in [2.05, 4.69) is 55.5 Å². The number of nitrogen functional groups attached to an aromatic ring is 1. The zero-order chi connectivity index (χ0) is 47.4. The van der Waals surface area contributed by atoms with E-state index in [1.54, 1.807) is 18.3 Å². The summed E-state index contributed by atoms with van der Waals surface area (Å²) in [5.41, 5.74) is 10.4. The molecular weight excluding hydrogens is 881 g/mol. The van der Waals surface area contributed by atoms with Crippen LogP contribution in [0.4, 0.5) is 17.1 Å². The molecule has 0 saturated carbocycles. The van der Waals surface area contributed by atoms with E-state index in [0.29, 0.717) is 47.6 Å². The van der Waals surface area contributed by atoms with Gasteiger partial charge in [-0.1, -0.05) is 12.1 Å². The first-order chi connectivity index (χ1) is 32.2. The van der Waals surface area contributed by atoms with Crippen molar-refractivity contribution in [3.05, 3.63) is 134 Å². The van der Waals surface area contributed by atoms with Crippen molar-refractivity contribution in [3.8, 4) is 11.5 Å². The van der Waals surface area contributed by atoms with Crippen molar-refractivity contribution in [1.82, 2.24) is 55.5 Å². The number of anilines is 1. The van der Waals surface area contributed by atoms with Crippen LogP contribution in [0.25, 0.3) is 33.1 Å². The van der Waals surface area contributed by atoms with Crippen LogP contribution in [0.3, 0.4) is 0 Å². The number of aromatic nitrogens is 9. The van der Waals surface area contributed by atoms with E-state index in [9.17, 15) is 44.2 Å². The Morgan fingerprint density at radius 2 is 1.06 bits per heavy atom. The lowest BCUT2D eigenvalue weighted by molar-refractivity contribution is -0.383. The molecule has 67 heavy (non-hydrogen) atoms. The third-order valence-corrected chi connectivity index (χ3v) is 10.1. The highest BCUT2D eigenvalue weighted by Gasteiger charge is 2.24. The highest BCUT2D eigenvalue weighted by atomic mass is 16.6. The first-order valence-electron chi connectivity index (χ1n) is 19.6. The number of carboxylic acids is 1. The molecule has 2 aliphatic heterocycles. The number of aromatic amines is 3. The Kier molecular flexibility index (Phi) is 12.1. The number of ether oxygens (including phenoxy) is 2. The molecule has 0 saturated heterocycles. The number of amides is 2. The van der Waals surface area contributed by atoms with Crippen molar-refractivity contribution in [2.75, 3.05) is 18.9 Å². The standard InChI is InChI=1S/C17H13N5O5.C17H15N5O3.C7H4N4O4/c23-11-4-10-3-9(1-2-13(10)27-7-11)5-19-17(24)16-15-14(20-8-21-16)12(6-18-15)22(25)26;18-12-6-19-15-14(12)21-8-22-16(15)17(24)20-5-9-1-2-13-10(3-9)4-11(23)7-25-13;12-7(13)6-5-4(9-2-10-6)3(1-8-5)11(14)15/h1-3,6,8,18H,4-5,7H2,(H,19,24);1-3,6,8,19H,4-5,7,18H2,(H,20,24);1-2,8H,(H,12,13). The van der Waals surface area contributed by atoms with Crippen LogP contribution in [0.5, 0.6) is 11.5 Å². The molecule has 8 aromatic rings. The van der Waals surface area contributed by atoms with E-state index < -0.39 is 21.7 Å². The number of nitrogens with two attached hydrogens (primary N) is 1. The first-order valence-corrected chi connectivity index (χ1v) is 19.6. The summed E-state index contributed by atoms with van der Waals surface area (Å²) in [5, 5.41) is 35.8. The summed E-state index contributed by atoms with van der Waals surface area (Å²) in [4.78, 5) is 110. The number of nitro groups is 2. The van der Waals surface area contributed by atoms with Crippen molar-refractivity contribution in [1.29, 1.82) is 0 Å². The van der Waals surface area contributed by atoms with Crippen LogP contribution in [-0.4, -0.2) is 102 Å². The van der Waals surface area contributed by atoms with Gasteiger partial charge in [0.15, 0.2) is 39.7 Å². The van der Waals surface area contributed by atoms with Crippen LogP contribution >= 0.6 is 0 Å². The fraction of sp³-hybridized carbons (Fsp3) is 0.146. The van der Waals surface area contributed by atoms with E-state index in [-0.39, 0.29) is 87.8 Å². The van der Waals surface area contributed by atoms with Gasteiger partial charge >= 0.3 is 17.3 Å². The summed E-state index contributed by atoms with van der Waals surface area (Å²) >= 11 is 0. The maximum atomic E-state index is 12.5. The van der Waals surface area contributed by atoms with Crippen LogP contribution < -0.4 is 25.8 Å². The van der Waals surface area contributed by atoms with Crippen molar-refractivity contribution in [3.63, 3.8) is 0 Å². The number of hydrogen-bond acceptors (Lipinski definition) is 18. The summed E-state index contributed by atoms with van der Waals surface area (Å²) in [6.07, 6.45) is 7.90. The second-order valence-electron chi connectivity index (χ2n) is 14.5. The molecule has 2 amide bonds. The summed E-state index contributed by atoms with van der Waals surface area (Å²) < 4.78 is 10.7. The minimum absolute atomic E-state index is 0.000373. The van der Waals surface area contributed by atoms with E-state index >= 15 is 0 Å². The number of benzene rings is 2. The van der Waals surface area contributed by atoms with Crippen molar-refractivity contribution >= 4 is 79.5 Å². The molecule has 6 aromatic heterocycles. The van der Waals surface area contributed by atoms with Crippen LogP contribution in [0.1, 0.15) is 53.7 Å². The normalized spacial score (nSPS) is 12.6. The molecule has 2 aromatic carbocycles. The summed E-state index contributed by atoms with van der Waals surface area (Å²) in [6, 6.07) is 10.9. The molecule has 8 N–H and O–H groups in total. The quantitative estimate of drug-likeness (QED) is 0.0808. The second-order valence-corrected chi connectivity index (χ2v) is 14.5. The Hall–Kier alpha value is -9.75. The molecule has 10 rings (SSSR count). The average molecular weight is 913 g/mol. The number of nitrogens with zero attached hydrogens (tertiary/aromatic N) is 8. The molecule has 26 heteroatoms. The van der Waals surface area contributed by atoms with Gasteiger partial charge in [-0.15, -0.1) is 0 Å². The lowest BCUT2D eigenvalue weighted by Crippen LogP contribution is -2.25. The van der Waals surface area contributed by atoms with Crippen molar-refractivity contribution in [2.24, 2.45) is 0 Å². The molecule has 2 aliphatic rings. The number of fused-ring (bicyclic) bond motifs is 5. The van der Waals surface area contributed by atoms with Crippen molar-refractivity contribution < 1.29 is 48.4 Å². The number of Topliss-reactive ketones (excluding diaryl/α,β-unsaturated/α-hetero) is 2. The van der Waals surface area contributed by atoms with Gasteiger partial charge in [-0.3, -0.25) is 39.4 Å². The first kappa shape index (κ1) is 43.9. The molecule has 0 bridgehead atoms. The second kappa shape index (κ2) is 18.5. The van der Waals surface area contributed by atoms with Crippen LogP contribution in [0.15, 0.2) is 74.0 Å². The van der Waals surface area contributed by atoms with Gasteiger partial charge in [-0.05, 0) is 35.4 Å². The Balaban J connectivity index is 0.000000142. The van der Waals surface area contributed by atoms with E-state index in [1.807, 2.05) is 24.3 Å². The lowest BCUT2D eigenvalue weighted by Gasteiger charge is -2.17. The van der Waals surface area contributed by atoms with Gasteiger partial charge in [0, 0.05) is 43.3 Å². The van der Waals surface area contributed by atoms with Gasteiger partial charge in [0.25, 0.3) is 11.8 Å². The zero-order valence-electron chi connectivity index (χ0n) is 34.3. The summed E-state index contributed by atoms with van der Waals surface area (Å²) in [7, 11) is 0. The molecule has 0 atom stereocenters. The Morgan fingerprint density at radius 1 is 0.642 bits per heavy atom. The molecule has 0 aliphatic carbocycles. The Morgan fingerprint density at radius 3 is 1.52 bits per heavy atom. The molecule has 0 spiro atoms. The third kappa shape index (κ3) is 9.32. The van der Waals surface area contributed by atoms with Crippen LogP contribution in [0.2, 0.25) is 0 Å². The van der Waals surface area contributed by atoms with Gasteiger partial charge in [-0.2, -0.15) is 0 Å². The number of ketones is 2. The minimum Gasteiger partial charge on any atom is -0.486 e. The monoisotopic (exact) mass is 912 g/mol. The third-order valence-electron chi connectivity index (χ3n) is 10.1. The predicted molar refractivity (Wildman–Crippen MR) is 230 cm³/mol. The molecule has 26 nitrogen and oxygen atoms in total. The summed E-state index contributed by atoms with van der Waals surface area (Å²) in [5.74, 6) is -0.667. The van der Waals surface area contributed by atoms with Gasteiger partial charge in [-0.25, -0.2) is 34.7 Å². The number of H-pyrrole nitrogens is 3. The minimum atomic E-state index is -1.26. The number of carboxylic acid groups (broad SMARTS) is 1. The van der Waals surface area contributed by atoms with Crippen LogP contribution in [0, 0.1) is 20.2 Å². The average Bonchev–Trinajstić information content (AvgIpc) is 4.07. The lowest BCUT2D eigenvalue weighted by atomic mass is 10.0. The van der Waals surface area contributed by atoms with Gasteiger partial charge in [0.2, 0.25) is 0 Å². The van der Waals surface area contributed by atoms with Crippen LogP contribution in [-0.2, 0) is 35.5 Å². The van der Waals surface area contributed by atoms with Gasteiger partial charge < -0.3 is 45.9 Å². The van der Waals surface area contributed by atoms with E-state index in [1.165, 1.54) is 12.5 Å². The Bertz CT molecular complexity index is 3330. The Labute approximate surface area is 372 Å². The summed E-state index contributed by atoms with van der Waals surface area (Å²) in [6.45, 7) is 0.706. The molecule has 0 fully saturated rings. The maximum absolute atomic E-state index is 12.5. The molecule has 0 unspecified atom stereocenters. The van der Waals surface area contributed by atoms with Gasteiger partial charge in [0.05, 0.1) is 33.4 Å². The van der Waals surface area contributed by atoms with Crippen molar-refractivity contribution in [2.45, 2.75) is 25.9 Å². The maximum Gasteiger partial charge on any atom is 0.356 e. The number of carbonyl (C=O) groups is 5. The number of aromatic carboxylic acids is 1. The number of nitrogens with one attached hydrogen (secondary N) is 5. The van der Waals surface area contributed by atoms with Gasteiger partial charge in [0.1, 0.15) is 60.2 Å². The number of carbonyl (C=O) groups excluding carboxylic acids is 4.